The molecule has 0 spiro atoms. The van der Waals surface area contributed by atoms with Crippen LogP contribution in [-0.4, -0.2) is 14.5 Å². The van der Waals surface area contributed by atoms with Crippen molar-refractivity contribution >= 4 is 31.6 Å². The summed E-state index contributed by atoms with van der Waals surface area (Å²) in [4.78, 5) is 0.247. The molecule has 0 saturated heterocycles. The average molecular weight is 349 g/mol. The maximum atomic E-state index is 12.3. The lowest BCUT2D eigenvalue weighted by atomic mass is 10.2. The lowest BCUT2D eigenvalue weighted by molar-refractivity contribution is 0.534. The fourth-order valence-corrected chi connectivity index (χ4v) is 3.85. The molecule has 0 bridgehead atoms. The zero-order valence-electron chi connectivity index (χ0n) is 11.5. The van der Waals surface area contributed by atoms with Gasteiger partial charge in [0.05, 0.1) is 4.90 Å². The summed E-state index contributed by atoms with van der Waals surface area (Å²) in [5.41, 5.74) is 6.86. The second-order valence-corrected chi connectivity index (χ2v) is 7.34. The van der Waals surface area contributed by atoms with Gasteiger partial charge in [-0.2, -0.15) is 0 Å². The predicted octanol–water partition coefficient (Wildman–Crippen LogP) is 3.20. The Labute approximate surface area is 124 Å². The first kappa shape index (κ1) is 16.5. The van der Waals surface area contributed by atoms with E-state index in [1.165, 1.54) is 6.07 Å². The average Bonchev–Trinajstić information content (AvgIpc) is 2.30. The molecule has 0 amide bonds. The van der Waals surface area contributed by atoms with Crippen molar-refractivity contribution in [3.05, 3.63) is 22.2 Å². The van der Waals surface area contributed by atoms with Crippen LogP contribution in [0.1, 0.15) is 38.7 Å². The van der Waals surface area contributed by atoms with Crippen LogP contribution in [0.25, 0.3) is 0 Å². The van der Waals surface area contributed by atoms with Crippen LogP contribution in [0, 0.1) is 6.92 Å². The van der Waals surface area contributed by atoms with Crippen LogP contribution in [0.3, 0.4) is 0 Å². The molecule has 0 heterocycles. The summed E-state index contributed by atoms with van der Waals surface area (Å²) in [7, 11) is -3.51. The first-order valence-corrected chi connectivity index (χ1v) is 8.63. The van der Waals surface area contributed by atoms with E-state index in [0.29, 0.717) is 15.7 Å². The smallest absolute Gasteiger partial charge is 0.241 e. The second-order valence-electron chi connectivity index (χ2n) is 4.80. The van der Waals surface area contributed by atoms with Gasteiger partial charge < -0.3 is 5.73 Å². The Bertz CT molecular complexity index is 544. The molecule has 108 valence electrons. The molecule has 6 heteroatoms. The van der Waals surface area contributed by atoms with Crippen molar-refractivity contribution in [2.75, 3.05) is 5.73 Å². The number of sulfonamides is 1. The SMILES string of the molecule is CCCCC(C)NS(=O)(=O)c1cc(N)c(Br)cc1C. The summed E-state index contributed by atoms with van der Waals surface area (Å²) in [6, 6.07) is 3.14. The summed E-state index contributed by atoms with van der Waals surface area (Å²) >= 11 is 3.29. The maximum Gasteiger partial charge on any atom is 0.241 e. The molecular weight excluding hydrogens is 328 g/mol. The van der Waals surface area contributed by atoms with Crippen molar-refractivity contribution < 1.29 is 8.42 Å². The molecule has 0 aliphatic heterocycles. The summed E-state index contributed by atoms with van der Waals surface area (Å²) in [5.74, 6) is 0. The molecule has 0 aliphatic carbocycles. The van der Waals surface area contributed by atoms with Crippen molar-refractivity contribution in [3.8, 4) is 0 Å². The van der Waals surface area contributed by atoms with Gasteiger partial charge in [-0.1, -0.05) is 19.8 Å². The fraction of sp³-hybridized carbons (Fsp3) is 0.538. The minimum atomic E-state index is -3.51. The van der Waals surface area contributed by atoms with Gasteiger partial charge in [0.2, 0.25) is 10.0 Å². The minimum absolute atomic E-state index is 0.0748. The maximum absolute atomic E-state index is 12.3. The Kier molecular flexibility index (Phi) is 5.82. The van der Waals surface area contributed by atoms with Crippen LogP contribution < -0.4 is 10.5 Å². The first-order chi connectivity index (χ1) is 8.77. The van der Waals surface area contributed by atoms with Crippen LogP contribution in [0.5, 0.6) is 0 Å². The third-order valence-electron chi connectivity index (χ3n) is 2.93. The van der Waals surface area contributed by atoms with E-state index in [1.54, 1.807) is 13.0 Å². The van der Waals surface area contributed by atoms with Crippen LogP contribution in [-0.2, 0) is 10.0 Å². The number of halogens is 1. The van der Waals surface area contributed by atoms with Gasteiger partial charge in [-0.25, -0.2) is 13.1 Å². The van der Waals surface area contributed by atoms with E-state index in [0.717, 1.165) is 19.3 Å². The lowest BCUT2D eigenvalue weighted by Gasteiger charge is -2.16. The highest BCUT2D eigenvalue weighted by Gasteiger charge is 2.20. The topological polar surface area (TPSA) is 72.2 Å². The Morgan fingerprint density at radius 1 is 1.42 bits per heavy atom. The summed E-state index contributed by atoms with van der Waals surface area (Å²) in [6.45, 7) is 5.72. The number of anilines is 1. The molecule has 0 fully saturated rings. The Morgan fingerprint density at radius 3 is 2.63 bits per heavy atom. The summed E-state index contributed by atoms with van der Waals surface area (Å²) in [6.07, 6.45) is 2.89. The van der Waals surface area contributed by atoms with Crippen LogP contribution >= 0.6 is 15.9 Å². The van der Waals surface area contributed by atoms with Gasteiger partial charge in [0.1, 0.15) is 0 Å². The monoisotopic (exact) mass is 348 g/mol. The van der Waals surface area contributed by atoms with E-state index in [9.17, 15) is 8.42 Å². The van der Waals surface area contributed by atoms with E-state index in [4.69, 9.17) is 5.73 Å². The molecule has 3 N–H and O–H groups in total. The first-order valence-electron chi connectivity index (χ1n) is 6.36. The molecular formula is C13H21BrN2O2S. The van der Waals surface area contributed by atoms with Crippen molar-refractivity contribution in [3.63, 3.8) is 0 Å². The highest BCUT2D eigenvalue weighted by molar-refractivity contribution is 9.10. The van der Waals surface area contributed by atoms with Gasteiger partial charge in [0, 0.05) is 16.2 Å². The van der Waals surface area contributed by atoms with Gasteiger partial charge >= 0.3 is 0 Å². The largest absolute Gasteiger partial charge is 0.398 e. The molecule has 0 saturated carbocycles. The number of hydrogen-bond donors (Lipinski definition) is 2. The number of benzene rings is 1. The van der Waals surface area contributed by atoms with Crippen molar-refractivity contribution in [2.24, 2.45) is 0 Å². The Hall–Kier alpha value is -0.590. The van der Waals surface area contributed by atoms with Gasteiger partial charge in [0.25, 0.3) is 0 Å². The van der Waals surface area contributed by atoms with Gasteiger partial charge in [-0.05, 0) is 53.9 Å². The quantitative estimate of drug-likeness (QED) is 0.775. The normalized spacial score (nSPS) is 13.5. The van der Waals surface area contributed by atoms with Crippen molar-refractivity contribution in [1.29, 1.82) is 0 Å². The number of nitrogens with two attached hydrogens (primary N) is 1. The third kappa shape index (κ3) is 4.47. The van der Waals surface area contributed by atoms with Gasteiger partial charge in [0.15, 0.2) is 0 Å². The highest BCUT2D eigenvalue weighted by atomic mass is 79.9. The minimum Gasteiger partial charge on any atom is -0.398 e. The lowest BCUT2D eigenvalue weighted by Crippen LogP contribution is -2.33. The Morgan fingerprint density at radius 2 is 2.05 bits per heavy atom. The van der Waals surface area contributed by atoms with Crippen LogP contribution in [0.15, 0.2) is 21.5 Å². The molecule has 1 aromatic rings. The Balaban J connectivity index is 2.98. The number of unbranched alkanes of at least 4 members (excludes halogenated alkanes) is 1. The van der Waals surface area contributed by atoms with Crippen molar-refractivity contribution in [1.82, 2.24) is 4.72 Å². The molecule has 1 atom stereocenters. The van der Waals surface area contributed by atoms with Crippen LogP contribution in [0.2, 0.25) is 0 Å². The van der Waals surface area contributed by atoms with E-state index in [1.807, 2.05) is 6.92 Å². The molecule has 19 heavy (non-hydrogen) atoms. The van der Waals surface area contributed by atoms with Crippen LogP contribution in [0.4, 0.5) is 5.69 Å². The molecule has 4 nitrogen and oxygen atoms in total. The summed E-state index contributed by atoms with van der Waals surface area (Å²) < 4.78 is 28.0. The molecule has 1 unspecified atom stereocenters. The molecule has 1 aromatic carbocycles. The van der Waals surface area contributed by atoms with Crippen molar-refractivity contribution in [2.45, 2.75) is 51.0 Å². The van der Waals surface area contributed by atoms with E-state index in [2.05, 4.69) is 27.6 Å². The summed E-state index contributed by atoms with van der Waals surface area (Å²) in [5, 5.41) is 0. The zero-order valence-corrected chi connectivity index (χ0v) is 13.9. The van der Waals surface area contributed by atoms with Gasteiger partial charge in [-0.15, -0.1) is 0 Å². The van der Waals surface area contributed by atoms with E-state index >= 15 is 0 Å². The predicted molar refractivity (Wildman–Crippen MR) is 82.6 cm³/mol. The number of nitrogen functional groups attached to an aromatic ring is 1. The third-order valence-corrected chi connectivity index (χ3v) is 5.35. The second kappa shape index (κ2) is 6.72. The molecule has 0 aliphatic rings. The number of nitrogens with one attached hydrogen (secondary N) is 1. The molecule has 0 radical (unpaired) electrons. The number of aryl methyl sites for hydroxylation is 1. The fourth-order valence-electron chi connectivity index (χ4n) is 1.86. The molecule has 0 aromatic heterocycles. The number of rotatable bonds is 6. The standard InChI is InChI=1S/C13H21BrN2O2S/c1-4-5-6-10(3)16-19(17,18)13-8-12(15)11(14)7-9(13)2/h7-8,10,16H,4-6,15H2,1-3H3. The number of hydrogen-bond acceptors (Lipinski definition) is 3. The van der Waals surface area contributed by atoms with Gasteiger partial charge in [-0.3, -0.25) is 0 Å². The molecule has 1 rings (SSSR count). The van der Waals surface area contributed by atoms with E-state index < -0.39 is 10.0 Å². The van der Waals surface area contributed by atoms with E-state index in [-0.39, 0.29) is 10.9 Å². The highest BCUT2D eigenvalue weighted by Crippen LogP contribution is 2.26. The zero-order chi connectivity index (χ0) is 14.6.